The summed E-state index contributed by atoms with van der Waals surface area (Å²) in [5.41, 5.74) is 2.22. The molecule has 5 aromatic rings. The average molecular weight is 399 g/mol. The number of hydrogen-bond acceptors (Lipinski definition) is 3. The molecule has 5 nitrogen and oxygen atoms in total. The first-order valence-electron chi connectivity index (χ1n) is 9.10. The first-order chi connectivity index (χ1) is 14.2. The molecule has 5 rings (SSSR count). The number of para-hydroxylation sites is 1. The van der Waals surface area contributed by atoms with Crippen LogP contribution >= 0.6 is 11.6 Å². The predicted octanol–water partition coefficient (Wildman–Crippen LogP) is 5.09. The Kier molecular flexibility index (Phi) is 4.22. The molecule has 1 N–H and O–H groups in total. The molecule has 140 valence electrons. The molecule has 2 aromatic heterocycles. The fourth-order valence-electron chi connectivity index (χ4n) is 3.35. The standard InChI is InChI=1S/C23H15ClN4O/c24-16-11-12-19-18(14-16)23(29)28(22-17-8-4-5-9-20(17)26-27-22)21(25-19)13-10-15-6-2-1-3-7-15/h1-14H,(H,26,27)/b13-10+. The molecule has 0 fully saturated rings. The highest BCUT2D eigenvalue weighted by molar-refractivity contribution is 6.31. The molecule has 0 bridgehead atoms. The molecule has 6 heteroatoms. The van der Waals surface area contributed by atoms with E-state index in [0.29, 0.717) is 27.6 Å². The van der Waals surface area contributed by atoms with E-state index in [1.165, 1.54) is 4.57 Å². The van der Waals surface area contributed by atoms with Crippen LogP contribution in [0.2, 0.25) is 5.02 Å². The van der Waals surface area contributed by atoms with Crippen LogP contribution in [0.1, 0.15) is 11.4 Å². The number of benzene rings is 3. The lowest BCUT2D eigenvalue weighted by Crippen LogP contribution is -2.23. The van der Waals surface area contributed by atoms with Crippen LogP contribution in [0.4, 0.5) is 0 Å². The van der Waals surface area contributed by atoms with Crippen molar-refractivity contribution in [3.05, 3.63) is 99.6 Å². The lowest BCUT2D eigenvalue weighted by Gasteiger charge is -2.09. The highest BCUT2D eigenvalue weighted by atomic mass is 35.5. The fraction of sp³-hybridized carbons (Fsp3) is 0. The van der Waals surface area contributed by atoms with E-state index in [4.69, 9.17) is 16.6 Å². The monoisotopic (exact) mass is 398 g/mol. The van der Waals surface area contributed by atoms with Gasteiger partial charge in [-0.25, -0.2) is 9.55 Å². The molecule has 2 heterocycles. The van der Waals surface area contributed by atoms with Gasteiger partial charge in [0.1, 0.15) is 5.82 Å². The highest BCUT2D eigenvalue weighted by Gasteiger charge is 2.16. The summed E-state index contributed by atoms with van der Waals surface area (Å²) in [4.78, 5) is 18.2. The normalized spacial score (nSPS) is 11.6. The molecule has 0 aliphatic rings. The van der Waals surface area contributed by atoms with Gasteiger partial charge in [-0.05, 0) is 42.0 Å². The Morgan fingerprint density at radius 1 is 0.897 bits per heavy atom. The maximum atomic E-state index is 13.4. The zero-order valence-corrected chi connectivity index (χ0v) is 16.0. The molecular weight excluding hydrogens is 384 g/mol. The Morgan fingerprint density at radius 2 is 1.69 bits per heavy atom. The van der Waals surface area contributed by atoms with Crippen molar-refractivity contribution in [3.63, 3.8) is 0 Å². The quantitative estimate of drug-likeness (QED) is 0.460. The number of aromatic amines is 1. The summed E-state index contributed by atoms with van der Waals surface area (Å²) in [6, 6.07) is 22.7. The van der Waals surface area contributed by atoms with Crippen LogP contribution in [-0.4, -0.2) is 19.7 Å². The van der Waals surface area contributed by atoms with E-state index in [2.05, 4.69) is 10.2 Å². The second-order valence-electron chi connectivity index (χ2n) is 6.61. The van der Waals surface area contributed by atoms with Gasteiger partial charge in [-0.1, -0.05) is 60.1 Å². The van der Waals surface area contributed by atoms with Gasteiger partial charge in [0.2, 0.25) is 0 Å². The summed E-state index contributed by atoms with van der Waals surface area (Å²) >= 11 is 6.13. The average Bonchev–Trinajstić information content (AvgIpc) is 3.17. The van der Waals surface area contributed by atoms with E-state index in [1.54, 1.807) is 18.2 Å². The van der Waals surface area contributed by atoms with Crippen molar-refractivity contribution in [2.45, 2.75) is 0 Å². The third-order valence-corrected chi connectivity index (χ3v) is 4.98. The SMILES string of the molecule is O=c1c2cc(Cl)ccc2nc(/C=C/c2ccccc2)n1-c1n[nH]c2ccccc12. The van der Waals surface area contributed by atoms with E-state index < -0.39 is 0 Å². The molecule has 3 aromatic carbocycles. The van der Waals surface area contributed by atoms with E-state index >= 15 is 0 Å². The largest absolute Gasteiger partial charge is 0.276 e. The number of H-pyrrole nitrogens is 1. The van der Waals surface area contributed by atoms with Crippen molar-refractivity contribution < 1.29 is 0 Å². The maximum absolute atomic E-state index is 13.4. The van der Waals surface area contributed by atoms with Gasteiger partial charge in [0, 0.05) is 10.4 Å². The topological polar surface area (TPSA) is 63.6 Å². The van der Waals surface area contributed by atoms with Crippen molar-refractivity contribution in [3.8, 4) is 5.82 Å². The van der Waals surface area contributed by atoms with E-state index in [1.807, 2.05) is 66.7 Å². The molecule has 0 atom stereocenters. The molecule has 0 spiro atoms. The van der Waals surface area contributed by atoms with Gasteiger partial charge in [0.25, 0.3) is 5.56 Å². The van der Waals surface area contributed by atoms with Crippen LogP contribution < -0.4 is 5.56 Å². The van der Waals surface area contributed by atoms with Crippen LogP contribution in [0, 0.1) is 0 Å². The zero-order chi connectivity index (χ0) is 19.8. The van der Waals surface area contributed by atoms with Crippen molar-refractivity contribution in [1.29, 1.82) is 0 Å². The Hall–Kier alpha value is -3.70. The third-order valence-electron chi connectivity index (χ3n) is 4.74. The zero-order valence-electron chi connectivity index (χ0n) is 15.2. The molecule has 0 radical (unpaired) electrons. The second kappa shape index (κ2) is 7.04. The van der Waals surface area contributed by atoms with Crippen LogP contribution in [0.25, 0.3) is 39.8 Å². The fourth-order valence-corrected chi connectivity index (χ4v) is 3.52. The number of fused-ring (bicyclic) bond motifs is 2. The van der Waals surface area contributed by atoms with Crippen molar-refractivity contribution in [2.24, 2.45) is 0 Å². The van der Waals surface area contributed by atoms with Gasteiger partial charge in [-0.3, -0.25) is 9.89 Å². The van der Waals surface area contributed by atoms with Crippen LogP contribution in [0.3, 0.4) is 0 Å². The van der Waals surface area contributed by atoms with E-state index in [9.17, 15) is 4.79 Å². The Labute approximate surface area is 170 Å². The summed E-state index contributed by atoms with van der Waals surface area (Å²) in [7, 11) is 0. The number of nitrogens with one attached hydrogen (secondary N) is 1. The summed E-state index contributed by atoms with van der Waals surface area (Å²) in [5.74, 6) is 0.999. The number of aromatic nitrogens is 4. The molecule has 0 aliphatic heterocycles. The lowest BCUT2D eigenvalue weighted by molar-refractivity contribution is 0.894. The van der Waals surface area contributed by atoms with Gasteiger partial charge in [0.05, 0.1) is 16.4 Å². The van der Waals surface area contributed by atoms with Gasteiger partial charge in [-0.2, -0.15) is 5.10 Å². The molecule has 0 aliphatic carbocycles. The molecule has 0 amide bonds. The second-order valence-corrected chi connectivity index (χ2v) is 7.05. The smallest absolute Gasteiger partial charge is 0.267 e. The van der Waals surface area contributed by atoms with Crippen LogP contribution in [-0.2, 0) is 0 Å². The van der Waals surface area contributed by atoms with Gasteiger partial charge in [0.15, 0.2) is 5.82 Å². The van der Waals surface area contributed by atoms with Crippen molar-refractivity contribution >= 4 is 45.6 Å². The van der Waals surface area contributed by atoms with Gasteiger partial charge < -0.3 is 0 Å². The highest BCUT2D eigenvalue weighted by Crippen LogP contribution is 2.22. The van der Waals surface area contributed by atoms with Crippen LogP contribution in [0.15, 0.2) is 77.6 Å². The first kappa shape index (κ1) is 17.4. The maximum Gasteiger partial charge on any atom is 0.267 e. The number of rotatable bonds is 3. The minimum absolute atomic E-state index is 0.220. The summed E-state index contributed by atoms with van der Waals surface area (Å²) < 4.78 is 1.52. The summed E-state index contributed by atoms with van der Waals surface area (Å²) in [5, 5.41) is 9.16. The van der Waals surface area contributed by atoms with E-state index in [0.717, 1.165) is 16.5 Å². The number of halogens is 1. The Balaban J connectivity index is 1.81. The molecule has 0 unspecified atom stereocenters. The Morgan fingerprint density at radius 3 is 2.55 bits per heavy atom. The molecule has 0 saturated carbocycles. The molecule has 29 heavy (non-hydrogen) atoms. The number of hydrogen-bond donors (Lipinski definition) is 1. The van der Waals surface area contributed by atoms with Crippen LogP contribution in [0.5, 0.6) is 0 Å². The number of nitrogens with zero attached hydrogens (tertiary/aromatic N) is 3. The van der Waals surface area contributed by atoms with Crippen molar-refractivity contribution in [1.82, 2.24) is 19.7 Å². The minimum atomic E-state index is -0.220. The first-order valence-corrected chi connectivity index (χ1v) is 9.47. The molecule has 0 saturated heterocycles. The van der Waals surface area contributed by atoms with Crippen molar-refractivity contribution in [2.75, 3.05) is 0 Å². The minimum Gasteiger partial charge on any atom is -0.276 e. The third kappa shape index (κ3) is 3.11. The molecular formula is C23H15ClN4O. The predicted molar refractivity (Wildman–Crippen MR) is 117 cm³/mol. The Bertz CT molecular complexity index is 1430. The van der Waals surface area contributed by atoms with E-state index in [-0.39, 0.29) is 5.56 Å². The van der Waals surface area contributed by atoms with Gasteiger partial charge in [-0.15, -0.1) is 0 Å². The summed E-state index contributed by atoms with van der Waals surface area (Å²) in [6.45, 7) is 0. The van der Waals surface area contributed by atoms with Gasteiger partial charge >= 0.3 is 0 Å². The lowest BCUT2D eigenvalue weighted by atomic mass is 10.2. The summed E-state index contributed by atoms with van der Waals surface area (Å²) in [6.07, 6.45) is 3.75.